The first kappa shape index (κ1) is 15.2. The Labute approximate surface area is 129 Å². The molecule has 0 saturated heterocycles. The van der Waals surface area contributed by atoms with E-state index in [9.17, 15) is 18.0 Å². The van der Waals surface area contributed by atoms with Crippen molar-refractivity contribution in [3.05, 3.63) is 48.0 Å². The highest BCUT2D eigenvalue weighted by Crippen LogP contribution is 2.25. The fraction of sp³-hybridized carbons (Fsp3) is 0.188. The molecule has 0 amide bonds. The van der Waals surface area contributed by atoms with E-state index in [2.05, 4.69) is 10.1 Å². The molecule has 0 aliphatic rings. The normalized spacial score (nSPS) is 11.1. The Morgan fingerprint density at radius 3 is 2.61 bits per heavy atom. The van der Waals surface area contributed by atoms with Crippen LogP contribution in [0.5, 0.6) is 0 Å². The molecule has 0 atom stereocenters. The standard InChI is InChI=1S/C16H12F3N3O/c1-9(23)4-5-22-14-7-11(8-20-15(14)16(19)21-22)10-2-3-12(17)13(18)6-10/h2-3,6-8H,4-5H2,1H3. The molecule has 2 heterocycles. The third-order valence-corrected chi connectivity index (χ3v) is 3.48. The van der Waals surface area contributed by atoms with Crippen molar-refractivity contribution in [3.63, 3.8) is 0 Å². The Kier molecular flexibility index (Phi) is 3.85. The number of carbonyl (C=O) groups is 1. The van der Waals surface area contributed by atoms with Crippen molar-refractivity contribution < 1.29 is 18.0 Å². The predicted molar refractivity (Wildman–Crippen MR) is 78.1 cm³/mol. The number of halogens is 3. The molecular weight excluding hydrogens is 307 g/mol. The van der Waals surface area contributed by atoms with Crippen LogP contribution in [0.15, 0.2) is 30.5 Å². The molecule has 118 valence electrons. The van der Waals surface area contributed by atoms with Crippen LogP contribution in [0.25, 0.3) is 22.2 Å². The van der Waals surface area contributed by atoms with Crippen LogP contribution in [0.2, 0.25) is 0 Å². The van der Waals surface area contributed by atoms with Gasteiger partial charge in [0.25, 0.3) is 5.95 Å². The maximum absolute atomic E-state index is 13.8. The number of rotatable bonds is 4. The zero-order valence-electron chi connectivity index (χ0n) is 12.2. The average Bonchev–Trinajstić information content (AvgIpc) is 2.84. The third kappa shape index (κ3) is 2.94. The average molecular weight is 319 g/mol. The molecule has 0 aliphatic heterocycles. The minimum absolute atomic E-state index is 0.0428. The van der Waals surface area contributed by atoms with Crippen LogP contribution in [0.1, 0.15) is 13.3 Å². The maximum Gasteiger partial charge on any atom is 0.258 e. The van der Waals surface area contributed by atoms with Gasteiger partial charge in [-0.2, -0.15) is 4.39 Å². The summed E-state index contributed by atoms with van der Waals surface area (Å²) in [6.45, 7) is 1.66. The van der Waals surface area contributed by atoms with Crippen LogP contribution < -0.4 is 0 Å². The Bertz CT molecular complexity index is 905. The zero-order valence-corrected chi connectivity index (χ0v) is 12.2. The van der Waals surface area contributed by atoms with Gasteiger partial charge in [-0.15, -0.1) is 5.10 Å². The van der Waals surface area contributed by atoms with Crippen molar-refractivity contribution in [1.29, 1.82) is 0 Å². The topological polar surface area (TPSA) is 47.8 Å². The number of Topliss-reactive ketones (excluding diaryl/α,β-unsaturated/α-hetero) is 1. The SMILES string of the molecule is CC(=O)CCn1nc(F)c2ncc(-c3ccc(F)c(F)c3)cc21. The second-order valence-electron chi connectivity index (χ2n) is 5.19. The van der Waals surface area contributed by atoms with E-state index in [1.165, 1.54) is 23.9 Å². The molecular formula is C16H12F3N3O. The smallest absolute Gasteiger partial charge is 0.258 e. The van der Waals surface area contributed by atoms with Crippen LogP contribution in [0.3, 0.4) is 0 Å². The molecule has 3 aromatic rings. The van der Waals surface area contributed by atoms with Crippen LogP contribution in [0.4, 0.5) is 13.2 Å². The van der Waals surface area contributed by atoms with Gasteiger partial charge in [-0.25, -0.2) is 13.8 Å². The van der Waals surface area contributed by atoms with Crippen LogP contribution in [-0.4, -0.2) is 20.5 Å². The number of pyridine rings is 1. The Morgan fingerprint density at radius 1 is 1.13 bits per heavy atom. The Balaban J connectivity index is 2.07. The number of carbonyl (C=O) groups excluding carboxylic acids is 1. The number of nitrogens with zero attached hydrogens (tertiary/aromatic N) is 3. The van der Waals surface area contributed by atoms with E-state index in [1.807, 2.05) is 0 Å². The maximum atomic E-state index is 13.8. The summed E-state index contributed by atoms with van der Waals surface area (Å²) in [5.41, 5.74) is 1.38. The second-order valence-corrected chi connectivity index (χ2v) is 5.19. The number of aryl methyl sites for hydroxylation is 1. The molecule has 2 aromatic heterocycles. The summed E-state index contributed by atoms with van der Waals surface area (Å²) in [5.74, 6) is -2.70. The summed E-state index contributed by atoms with van der Waals surface area (Å²) in [5, 5.41) is 3.73. The number of hydrogen-bond donors (Lipinski definition) is 0. The van der Waals surface area contributed by atoms with E-state index in [-0.39, 0.29) is 24.3 Å². The molecule has 7 heteroatoms. The third-order valence-electron chi connectivity index (χ3n) is 3.48. The fourth-order valence-corrected chi connectivity index (χ4v) is 2.28. The van der Waals surface area contributed by atoms with E-state index in [0.717, 1.165) is 12.1 Å². The highest BCUT2D eigenvalue weighted by Gasteiger charge is 2.14. The van der Waals surface area contributed by atoms with Gasteiger partial charge in [0.2, 0.25) is 0 Å². The largest absolute Gasteiger partial charge is 0.300 e. The van der Waals surface area contributed by atoms with Gasteiger partial charge in [0.05, 0.1) is 5.52 Å². The van der Waals surface area contributed by atoms with Gasteiger partial charge in [0.15, 0.2) is 11.6 Å². The van der Waals surface area contributed by atoms with Gasteiger partial charge in [-0.05, 0) is 30.7 Å². The summed E-state index contributed by atoms with van der Waals surface area (Å²) >= 11 is 0. The molecule has 0 aliphatic carbocycles. The molecule has 0 radical (unpaired) electrons. The summed E-state index contributed by atoms with van der Waals surface area (Å²) in [7, 11) is 0. The Morgan fingerprint density at radius 2 is 1.91 bits per heavy atom. The van der Waals surface area contributed by atoms with Gasteiger partial charge in [0.1, 0.15) is 11.3 Å². The van der Waals surface area contributed by atoms with Crippen molar-refractivity contribution in [2.45, 2.75) is 19.9 Å². The summed E-state index contributed by atoms with van der Waals surface area (Å²) in [6.07, 6.45) is 1.58. The van der Waals surface area contributed by atoms with Crippen molar-refractivity contribution >= 4 is 16.8 Å². The number of hydrogen-bond acceptors (Lipinski definition) is 3. The second kappa shape index (κ2) is 5.83. The summed E-state index contributed by atoms with van der Waals surface area (Å²) in [6, 6.07) is 5.06. The van der Waals surface area contributed by atoms with Gasteiger partial charge in [0, 0.05) is 24.7 Å². The number of benzene rings is 1. The molecule has 4 nitrogen and oxygen atoms in total. The molecule has 0 unspecified atom stereocenters. The molecule has 0 bridgehead atoms. The van der Waals surface area contributed by atoms with Crippen molar-refractivity contribution in [2.75, 3.05) is 0 Å². The van der Waals surface area contributed by atoms with Crippen molar-refractivity contribution in [1.82, 2.24) is 14.8 Å². The quantitative estimate of drug-likeness (QED) is 0.739. The van der Waals surface area contributed by atoms with Gasteiger partial charge >= 0.3 is 0 Å². The van der Waals surface area contributed by atoms with Gasteiger partial charge in [-0.3, -0.25) is 9.48 Å². The van der Waals surface area contributed by atoms with Crippen LogP contribution in [0, 0.1) is 17.6 Å². The first-order valence-electron chi connectivity index (χ1n) is 6.92. The monoisotopic (exact) mass is 319 g/mol. The fourth-order valence-electron chi connectivity index (χ4n) is 2.28. The highest BCUT2D eigenvalue weighted by molar-refractivity contribution is 5.81. The molecule has 0 saturated carbocycles. The first-order chi connectivity index (χ1) is 11.0. The molecule has 3 rings (SSSR count). The number of fused-ring (bicyclic) bond motifs is 1. The minimum Gasteiger partial charge on any atom is -0.300 e. The molecule has 1 aromatic carbocycles. The summed E-state index contributed by atoms with van der Waals surface area (Å²) in [4.78, 5) is 15.1. The van der Waals surface area contributed by atoms with Crippen molar-refractivity contribution in [2.24, 2.45) is 0 Å². The molecule has 0 fully saturated rings. The molecule has 0 spiro atoms. The lowest BCUT2D eigenvalue weighted by Gasteiger charge is -2.05. The highest BCUT2D eigenvalue weighted by atomic mass is 19.2. The van der Waals surface area contributed by atoms with E-state index in [4.69, 9.17) is 0 Å². The van der Waals surface area contributed by atoms with Crippen LogP contribution >= 0.6 is 0 Å². The zero-order chi connectivity index (χ0) is 16.6. The first-order valence-corrected chi connectivity index (χ1v) is 6.92. The van der Waals surface area contributed by atoms with E-state index < -0.39 is 17.6 Å². The number of aromatic nitrogens is 3. The van der Waals surface area contributed by atoms with E-state index >= 15 is 0 Å². The Hall–Kier alpha value is -2.70. The number of ketones is 1. The molecule has 23 heavy (non-hydrogen) atoms. The lowest BCUT2D eigenvalue weighted by Crippen LogP contribution is -2.04. The lowest BCUT2D eigenvalue weighted by atomic mass is 10.1. The predicted octanol–water partition coefficient (Wildman–Crippen LogP) is 3.49. The molecule has 0 N–H and O–H groups in total. The summed E-state index contributed by atoms with van der Waals surface area (Å²) < 4.78 is 41.5. The lowest BCUT2D eigenvalue weighted by molar-refractivity contribution is -0.117. The van der Waals surface area contributed by atoms with E-state index in [1.54, 1.807) is 6.07 Å². The van der Waals surface area contributed by atoms with E-state index in [0.29, 0.717) is 16.6 Å². The van der Waals surface area contributed by atoms with Gasteiger partial charge < -0.3 is 0 Å². The van der Waals surface area contributed by atoms with Crippen LogP contribution in [-0.2, 0) is 11.3 Å². The van der Waals surface area contributed by atoms with Crippen molar-refractivity contribution in [3.8, 4) is 11.1 Å². The minimum atomic E-state index is -0.973. The van der Waals surface area contributed by atoms with Gasteiger partial charge in [-0.1, -0.05) is 6.07 Å².